The summed E-state index contributed by atoms with van der Waals surface area (Å²) in [5.41, 5.74) is 5.73. The number of halogens is 4. The van der Waals surface area contributed by atoms with E-state index in [1.807, 2.05) is 18.2 Å². The molecule has 0 aliphatic heterocycles. The van der Waals surface area contributed by atoms with E-state index >= 15 is 0 Å². The Labute approximate surface area is 154 Å². The zero-order valence-corrected chi connectivity index (χ0v) is 14.8. The molecule has 8 heteroatoms. The van der Waals surface area contributed by atoms with Gasteiger partial charge in [0.15, 0.2) is 5.96 Å². The smallest absolute Gasteiger partial charge is 0.386 e. The van der Waals surface area contributed by atoms with E-state index in [2.05, 4.69) is 10.3 Å². The number of aliphatic hydroxyl groups excluding tert-OH is 1. The normalized spacial score (nSPS) is 13.1. The van der Waals surface area contributed by atoms with Crippen LogP contribution < -0.4 is 11.1 Å². The van der Waals surface area contributed by atoms with Gasteiger partial charge < -0.3 is 16.2 Å². The van der Waals surface area contributed by atoms with E-state index in [1.165, 1.54) is 12.1 Å². The Kier molecular flexibility index (Phi) is 7.49. The van der Waals surface area contributed by atoms with Crippen molar-refractivity contribution < 1.29 is 18.3 Å². The van der Waals surface area contributed by atoms with E-state index in [0.29, 0.717) is 0 Å². The molecule has 2 aromatic carbocycles. The van der Waals surface area contributed by atoms with Gasteiger partial charge in [0.2, 0.25) is 0 Å². The number of alkyl halides is 3. The highest BCUT2D eigenvalue weighted by Gasteiger charge is 2.30. The van der Waals surface area contributed by atoms with E-state index in [1.54, 1.807) is 12.1 Å². The molecule has 0 spiro atoms. The molecule has 1 atom stereocenters. The molecule has 2 rings (SSSR count). The predicted molar refractivity (Wildman–Crippen MR) is 98.4 cm³/mol. The van der Waals surface area contributed by atoms with Gasteiger partial charge in [0.1, 0.15) is 0 Å². The van der Waals surface area contributed by atoms with Crippen LogP contribution in [0.5, 0.6) is 0 Å². The van der Waals surface area contributed by atoms with Crippen LogP contribution in [-0.4, -0.2) is 17.6 Å². The quantitative estimate of drug-likeness (QED) is 0.377. The van der Waals surface area contributed by atoms with E-state index < -0.39 is 17.8 Å². The Morgan fingerprint density at radius 2 is 1.79 bits per heavy atom. The van der Waals surface area contributed by atoms with Crippen molar-refractivity contribution in [2.45, 2.75) is 12.3 Å². The Balaban J connectivity index is 0.00000288. The summed E-state index contributed by atoms with van der Waals surface area (Å²) in [5.74, 6) is 0.0715. The molecule has 130 valence electrons. The second kappa shape index (κ2) is 8.88. The van der Waals surface area contributed by atoms with Crippen molar-refractivity contribution in [1.29, 1.82) is 0 Å². The van der Waals surface area contributed by atoms with Crippen molar-refractivity contribution in [3.8, 4) is 0 Å². The summed E-state index contributed by atoms with van der Waals surface area (Å²) in [4.78, 5) is 3.94. The number of guanidine groups is 1. The third-order valence-corrected chi connectivity index (χ3v) is 3.08. The summed E-state index contributed by atoms with van der Waals surface area (Å²) >= 11 is 0. The van der Waals surface area contributed by atoms with Crippen LogP contribution in [0.15, 0.2) is 59.6 Å². The van der Waals surface area contributed by atoms with Gasteiger partial charge in [-0.3, -0.25) is 4.99 Å². The third kappa shape index (κ3) is 6.00. The maximum absolute atomic E-state index is 12.6. The number of aliphatic imine (C=N–C) groups is 1. The van der Waals surface area contributed by atoms with Crippen molar-refractivity contribution >= 4 is 35.6 Å². The molecule has 0 amide bonds. The number of nitrogens with zero attached hydrogens (tertiary/aromatic N) is 1. The first-order valence-electron chi connectivity index (χ1n) is 6.83. The third-order valence-electron chi connectivity index (χ3n) is 3.08. The molecule has 0 bridgehead atoms. The topological polar surface area (TPSA) is 70.6 Å². The van der Waals surface area contributed by atoms with Crippen molar-refractivity contribution in [2.24, 2.45) is 10.7 Å². The molecular weight excluding hydrogens is 434 g/mol. The van der Waals surface area contributed by atoms with Crippen molar-refractivity contribution in [1.82, 2.24) is 0 Å². The number of hydrogen-bond donors (Lipinski definition) is 3. The highest BCUT2D eigenvalue weighted by atomic mass is 127. The molecule has 0 radical (unpaired) electrons. The van der Waals surface area contributed by atoms with E-state index in [-0.39, 0.29) is 42.0 Å². The number of rotatable bonds is 4. The van der Waals surface area contributed by atoms with Crippen LogP contribution in [-0.2, 0) is 6.18 Å². The largest absolute Gasteiger partial charge is 0.416 e. The van der Waals surface area contributed by atoms with Gasteiger partial charge in [0.25, 0.3) is 0 Å². The molecule has 4 N–H and O–H groups in total. The lowest BCUT2D eigenvalue weighted by Crippen LogP contribution is -2.23. The molecule has 0 aliphatic rings. The summed E-state index contributed by atoms with van der Waals surface area (Å²) in [5, 5.41) is 12.8. The van der Waals surface area contributed by atoms with Crippen LogP contribution in [0.3, 0.4) is 0 Å². The van der Waals surface area contributed by atoms with Crippen LogP contribution >= 0.6 is 24.0 Å². The summed E-state index contributed by atoms with van der Waals surface area (Å²) in [6.07, 6.45) is -5.62. The zero-order chi connectivity index (χ0) is 16.9. The second-order valence-corrected chi connectivity index (χ2v) is 4.86. The number of aliphatic hydroxyl groups is 1. The van der Waals surface area contributed by atoms with Crippen molar-refractivity contribution in [3.63, 3.8) is 0 Å². The molecule has 2 aromatic rings. The first-order valence-corrected chi connectivity index (χ1v) is 6.83. The molecule has 1 unspecified atom stereocenters. The Morgan fingerprint density at radius 1 is 1.12 bits per heavy atom. The molecule has 4 nitrogen and oxygen atoms in total. The van der Waals surface area contributed by atoms with Gasteiger partial charge in [0.05, 0.1) is 18.2 Å². The number of nitrogens with two attached hydrogens (primary N) is 1. The highest BCUT2D eigenvalue weighted by Crippen LogP contribution is 2.30. The molecule has 0 aliphatic carbocycles. The monoisotopic (exact) mass is 451 g/mol. The molecular formula is C16H17F3IN3O. The van der Waals surface area contributed by atoms with Gasteiger partial charge in [-0.25, -0.2) is 0 Å². The average Bonchev–Trinajstić information content (AvgIpc) is 2.53. The molecule has 24 heavy (non-hydrogen) atoms. The SMILES string of the molecule is I.NC(=NCC(O)c1cccc(C(F)(F)F)c1)Nc1ccccc1. The maximum atomic E-state index is 12.6. The van der Waals surface area contributed by atoms with Crippen molar-refractivity contribution in [2.75, 3.05) is 11.9 Å². The first kappa shape index (κ1) is 20.2. The van der Waals surface area contributed by atoms with Crippen LogP contribution in [0.2, 0.25) is 0 Å². The summed E-state index contributed by atoms with van der Waals surface area (Å²) in [6.45, 7) is -0.146. The van der Waals surface area contributed by atoms with Crippen LogP contribution in [0.4, 0.5) is 18.9 Å². The van der Waals surface area contributed by atoms with Gasteiger partial charge in [-0.1, -0.05) is 30.3 Å². The molecule has 0 fully saturated rings. The Bertz CT molecular complexity index is 678. The summed E-state index contributed by atoms with van der Waals surface area (Å²) in [7, 11) is 0. The lowest BCUT2D eigenvalue weighted by Gasteiger charge is -2.12. The van der Waals surface area contributed by atoms with E-state index in [9.17, 15) is 18.3 Å². The predicted octanol–water partition coefficient (Wildman–Crippen LogP) is 3.78. The van der Waals surface area contributed by atoms with Crippen LogP contribution in [0.25, 0.3) is 0 Å². The average molecular weight is 451 g/mol. The summed E-state index contributed by atoms with van der Waals surface area (Å²) in [6, 6.07) is 13.5. The van der Waals surface area contributed by atoms with E-state index in [4.69, 9.17) is 5.73 Å². The molecule has 0 aromatic heterocycles. The molecule has 0 saturated heterocycles. The lowest BCUT2D eigenvalue weighted by molar-refractivity contribution is -0.137. The molecule has 0 heterocycles. The number of hydrogen-bond acceptors (Lipinski definition) is 2. The minimum Gasteiger partial charge on any atom is -0.386 e. The zero-order valence-electron chi connectivity index (χ0n) is 12.5. The number of anilines is 1. The molecule has 0 saturated carbocycles. The lowest BCUT2D eigenvalue weighted by atomic mass is 10.1. The fourth-order valence-corrected chi connectivity index (χ4v) is 1.92. The van der Waals surface area contributed by atoms with Gasteiger partial charge in [-0.2, -0.15) is 13.2 Å². The van der Waals surface area contributed by atoms with Crippen molar-refractivity contribution in [3.05, 3.63) is 65.7 Å². The Morgan fingerprint density at radius 3 is 2.42 bits per heavy atom. The fraction of sp³-hybridized carbons (Fsp3) is 0.188. The fourth-order valence-electron chi connectivity index (χ4n) is 1.92. The summed E-state index contributed by atoms with van der Waals surface area (Å²) < 4.78 is 37.9. The number of nitrogens with one attached hydrogen (secondary N) is 1. The standard InChI is InChI=1S/C16H16F3N3O.HI/c17-16(18,19)12-6-4-5-11(9-12)14(23)10-21-15(20)22-13-7-2-1-3-8-13;/h1-9,14,23H,10H2,(H3,20,21,22);1H. The first-order chi connectivity index (χ1) is 10.9. The highest BCUT2D eigenvalue weighted by molar-refractivity contribution is 14.0. The van der Waals surface area contributed by atoms with Gasteiger partial charge >= 0.3 is 6.18 Å². The van der Waals surface area contributed by atoms with Gasteiger partial charge in [-0.15, -0.1) is 24.0 Å². The second-order valence-electron chi connectivity index (χ2n) is 4.86. The van der Waals surface area contributed by atoms with Gasteiger partial charge in [-0.05, 0) is 29.8 Å². The van der Waals surface area contributed by atoms with Gasteiger partial charge in [0, 0.05) is 5.69 Å². The maximum Gasteiger partial charge on any atom is 0.416 e. The number of para-hydroxylation sites is 1. The minimum atomic E-state index is -4.45. The van der Waals surface area contributed by atoms with E-state index in [0.717, 1.165) is 17.8 Å². The Hall–Kier alpha value is -1.81. The minimum absolute atomic E-state index is 0. The van der Waals surface area contributed by atoms with Crippen LogP contribution in [0, 0.1) is 0 Å². The number of benzene rings is 2. The van der Waals surface area contributed by atoms with Crippen LogP contribution in [0.1, 0.15) is 17.2 Å².